The van der Waals surface area contributed by atoms with E-state index in [4.69, 9.17) is 4.42 Å². The number of amides is 1. The molecule has 8 nitrogen and oxygen atoms in total. The van der Waals surface area contributed by atoms with Crippen molar-refractivity contribution in [3.63, 3.8) is 0 Å². The second-order valence-electron chi connectivity index (χ2n) is 6.55. The maximum Gasteiger partial charge on any atom is 0.292 e. The number of likely N-dealkylation sites (tertiary alicyclic amines) is 1. The molecule has 134 valence electrons. The van der Waals surface area contributed by atoms with Gasteiger partial charge in [-0.05, 0) is 12.8 Å². The molecule has 1 amide bonds. The molecule has 2 aromatic heterocycles. The van der Waals surface area contributed by atoms with Crippen molar-refractivity contribution in [2.75, 3.05) is 13.1 Å². The van der Waals surface area contributed by atoms with Crippen LogP contribution in [0.5, 0.6) is 0 Å². The van der Waals surface area contributed by atoms with Gasteiger partial charge in [0.1, 0.15) is 11.3 Å². The molecular formula is C18H19N5O3. The quantitative estimate of drug-likeness (QED) is 0.765. The van der Waals surface area contributed by atoms with Crippen LogP contribution in [-0.4, -0.2) is 54.6 Å². The average Bonchev–Trinajstić information content (AvgIpc) is 3.33. The van der Waals surface area contributed by atoms with E-state index >= 15 is 0 Å². The highest BCUT2D eigenvalue weighted by molar-refractivity contribution is 5.97. The SMILES string of the molecule is O=C(c1ocnc1-c1ccccc1)N1CCCC(O)(Cn2ccnn2)C1. The zero-order chi connectivity index (χ0) is 18.0. The van der Waals surface area contributed by atoms with Crippen molar-refractivity contribution >= 4 is 5.91 Å². The first kappa shape index (κ1) is 16.5. The molecule has 26 heavy (non-hydrogen) atoms. The van der Waals surface area contributed by atoms with E-state index in [1.165, 1.54) is 6.39 Å². The molecule has 1 fully saturated rings. The molecule has 1 aliphatic rings. The monoisotopic (exact) mass is 353 g/mol. The second kappa shape index (κ2) is 6.72. The molecule has 1 atom stereocenters. The van der Waals surface area contributed by atoms with Gasteiger partial charge in [-0.25, -0.2) is 9.67 Å². The third-order valence-electron chi connectivity index (χ3n) is 4.58. The fourth-order valence-electron chi connectivity index (χ4n) is 3.38. The van der Waals surface area contributed by atoms with E-state index in [1.54, 1.807) is 22.0 Å². The van der Waals surface area contributed by atoms with Crippen molar-refractivity contribution in [3.8, 4) is 11.3 Å². The Bertz CT molecular complexity index is 877. The summed E-state index contributed by atoms with van der Waals surface area (Å²) in [6, 6.07) is 9.43. The van der Waals surface area contributed by atoms with Gasteiger partial charge in [0.2, 0.25) is 5.76 Å². The van der Waals surface area contributed by atoms with Crippen LogP contribution < -0.4 is 0 Å². The summed E-state index contributed by atoms with van der Waals surface area (Å²) >= 11 is 0. The highest BCUT2D eigenvalue weighted by Gasteiger charge is 2.37. The normalized spacial score (nSPS) is 20.3. The number of carbonyl (C=O) groups excluding carboxylic acids is 1. The lowest BCUT2D eigenvalue weighted by atomic mass is 9.92. The number of β-amino-alcohol motifs (C(OH)–C–C–N with tert-alkyl or cyclic N) is 1. The van der Waals surface area contributed by atoms with Crippen molar-refractivity contribution in [1.29, 1.82) is 0 Å². The molecule has 0 bridgehead atoms. The van der Waals surface area contributed by atoms with Crippen molar-refractivity contribution in [2.45, 2.75) is 25.0 Å². The molecule has 0 saturated carbocycles. The number of aromatic nitrogens is 4. The fourth-order valence-corrected chi connectivity index (χ4v) is 3.38. The van der Waals surface area contributed by atoms with E-state index < -0.39 is 5.60 Å². The lowest BCUT2D eigenvalue weighted by Crippen LogP contribution is -2.52. The van der Waals surface area contributed by atoms with Gasteiger partial charge in [0, 0.05) is 18.3 Å². The Labute approximate surface area is 150 Å². The third kappa shape index (κ3) is 3.23. The first-order valence-corrected chi connectivity index (χ1v) is 8.49. The van der Waals surface area contributed by atoms with Crippen LogP contribution in [-0.2, 0) is 6.54 Å². The summed E-state index contributed by atoms with van der Waals surface area (Å²) in [5.74, 6) is -0.0701. The number of nitrogens with zero attached hydrogens (tertiary/aromatic N) is 5. The Kier molecular flexibility index (Phi) is 4.26. The van der Waals surface area contributed by atoms with Crippen LogP contribution in [0.15, 0.2) is 53.5 Å². The number of carbonyl (C=O) groups is 1. The van der Waals surface area contributed by atoms with Gasteiger partial charge in [-0.3, -0.25) is 4.79 Å². The van der Waals surface area contributed by atoms with Crippen LogP contribution in [0.2, 0.25) is 0 Å². The first-order chi connectivity index (χ1) is 12.6. The number of rotatable bonds is 4. The molecule has 1 aliphatic heterocycles. The van der Waals surface area contributed by atoms with Crippen LogP contribution in [0.4, 0.5) is 0 Å². The van der Waals surface area contributed by atoms with Gasteiger partial charge in [-0.2, -0.15) is 0 Å². The minimum atomic E-state index is -1.05. The van der Waals surface area contributed by atoms with Crippen LogP contribution in [0.3, 0.4) is 0 Å². The van der Waals surface area contributed by atoms with E-state index in [-0.39, 0.29) is 18.2 Å². The van der Waals surface area contributed by atoms with Crippen molar-refractivity contribution in [2.24, 2.45) is 0 Å². The van der Waals surface area contributed by atoms with Crippen LogP contribution in [0.1, 0.15) is 23.4 Å². The highest BCUT2D eigenvalue weighted by atomic mass is 16.4. The predicted octanol–water partition coefficient (Wildman–Crippen LogP) is 1.60. The number of hydrogen-bond acceptors (Lipinski definition) is 6. The number of oxazole rings is 1. The maximum absolute atomic E-state index is 13.0. The van der Waals surface area contributed by atoms with Gasteiger partial charge >= 0.3 is 0 Å². The molecule has 0 aliphatic carbocycles. The Morgan fingerprint density at radius 2 is 2.15 bits per heavy atom. The summed E-state index contributed by atoms with van der Waals surface area (Å²) in [5.41, 5.74) is 0.287. The summed E-state index contributed by atoms with van der Waals surface area (Å²) < 4.78 is 6.98. The molecule has 0 radical (unpaired) electrons. The van der Waals surface area contributed by atoms with E-state index in [0.717, 1.165) is 5.56 Å². The molecule has 1 saturated heterocycles. The summed E-state index contributed by atoms with van der Waals surface area (Å²) in [4.78, 5) is 18.8. The Balaban J connectivity index is 1.55. The standard InChI is InChI=1S/C18H19N5O3/c24-17(16-15(19-13-26-16)14-5-2-1-3-6-14)22-9-4-7-18(25,11-22)12-23-10-8-20-21-23/h1-3,5-6,8,10,13,25H,4,7,9,11-12H2. The lowest BCUT2D eigenvalue weighted by Gasteiger charge is -2.38. The summed E-state index contributed by atoms with van der Waals surface area (Å²) in [5, 5.41) is 18.6. The Morgan fingerprint density at radius 3 is 2.92 bits per heavy atom. The van der Waals surface area contributed by atoms with Crippen molar-refractivity contribution in [3.05, 3.63) is 54.9 Å². The smallest absolute Gasteiger partial charge is 0.292 e. The van der Waals surface area contributed by atoms with Crippen LogP contribution in [0, 0.1) is 0 Å². The molecule has 1 unspecified atom stereocenters. The minimum absolute atomic E-state index is 0.196. The highest BCUT2D eigenvalue weighted by Crippen LogP contribution is 2.27. The van der Waals surface area contributed by atoms with E-state index in [2.05, 4.69) is 15.3 Å². The van der Waals surface area contributed by atoms with Gasteiger partial charge in [0.25, 0.3) is 5.91 Å². The molecule has 0 spiro atoms. The van der Waals surface area contributed by atoms with E-state index in [0.29, 0.717) is 31.6 Å². The van der Waals surface area contributed by atoms with E-state index in [1.807, 2.05) is 30.3 Å². The second-order valence-corrected chi connectivity index (χ2v) is 6.55. The summed E-state index contributed by atoms with van der Waals surface area (Å²) in [7, 11) is 0. The van der Waals surface area contributed by atoms with E-state index in [9.17, 15) is 9.90 Å². The van der Waals surface area contributed by atoms with Crippen molar-refractivity contribution in [1.82, 2.24) is 24.9 Å². The zero-order valence-corrected chi connectivity index (χ0v) is 14.2. The molecule has 1 N–H and O–H groups in total. The maximum atomic E-state index is 13.0. The van der Waals surface area contributed by atoms with Gasteiger partial charge < -0.3 is 14.4 Å². The van der Waals surface area contributed by atoms with Gasteiger partial charge in [-0.1, -0.05) is 35.5 Å². The van der Waals surface area contributed by atoms with Gasteiger partial charge in [0.05, 0.1) is 19.3 Å². The topological polar surface area (TPSA) is 97.3 Å². The minimum Gasteiger partial charge on any atom is -0.438 e. The van der Waals surface area contributed by atoms with Gasteiger partial charge in [0.15, 0.2) is 6.39 Å². The Hall–Kier alpha value is -3.00. The van der Waals surface area contributed by atoms with Crippen LogP contribution >= 0.6 is 0 Å². The molecular weight excluding hydrogens is 334 g/mol. The predicted molar refractivity (Wildman–Crippen MR) is 92.0 cm³/mol. The summed E-state index contributed by atoms with van der Waals surface area (Å²) in [6.45, 7) is 1.06. The summed E-state index contributed by atoms with van der Waals surface area (Å²) in [6.07, 6.45) is 5.84. The number of hydrogen-bond donors (Lipinski definition) is 1. The molecule has 3 heterocycles. The first-order valence-electron chi connectivity index (χ1n) is 8.49. The fraction of sp³-hybridized carbons (Fsp3) is 0.333. The largest absolute Gasteiger partial charge is 0.438 e. The number of benzene rings is 1. The van der Waals surface area contributed by atoms with Crippen LogP contribution in [0.25, 0.3) is 11.3 Å². The molecule has 3 aromatic rings. The average molecular weight is 353 g/mol. The van der Waals surface area contributed by atoms with Crippen molar-refractivity contribution < 1.29 is 14.3 Å². The lowest BCUT2D eigenvalue weighted by molar-refractivity contribution is -0.0393. The third-order valence-corrected chi connectivity index (χ3v) is 4.58. The number of piperidine rings is 1. The number of aliphatic hydroxyl groups is 1. The van der Waals surface area contributed by atoms with Gasteiger partial charge in [-0.15, -0.1) is 5.10 Å². The Morgan fingerprint density at radius 1 is 1.31 bits per heavy atom. The molecule has 8 heteroatoms. The molecule has 1 aromatic carbocycles. The molecule has 4 rings (SSSR count). The zero-order valence-electron chi connectivity index (χ0n) is 14.2.